The first kappa shape index (κ1) is 8.65. The molecule has 0 radical (unpaired) electrons. The zero-order valence-electron chi connectivity index (χ0n) is 5.64. The predicted molar refractivity (Wildman–Crippen MR) is 36.6 cm³/mol. The average molecular weight is 221 g/mol. The number of hydrogen-bond acceptors (Lipinski definition) is 1. The van der Waals surface area contributed by atoms with Crippen LogP contribution in [0.15, 0.2) is 18.2 Å². The van der Waals surface area contributed by atoms with E-state index in [2.05, 4.69) is 0 Å². The normalized spacial score (nSPS) is 8.45. The van der Waals surface area contributed by atoms with E-state index in [1.165, 1.54) is 6.07 Å². The van der Waals surface area contributed by atoms with E-state index in [9.17, 15) is 4.39 Å². The molecule has 11 heavy (non-hydrogen) atoms. The van der Waals surface area contributed by atoms with Gasteiger partial charge in [0.15, 0.2) is 0 Å². The third-order valence-corrected chi connectivity index (χ3v) is 4.63. The van der Waals surface area contributed by atoms with Crippen LogP contribution < -0.4 is 4.16 Å². The van der Waals surface area contributed by atoms with Crippen LogP contribution in [0.2, 0.25) is 0 Å². The van der Waals surface area contributed by atoms with Crippen LogP contribution >= 0.6 is 9.69 Å². The van der Waals surface area contributed by atoms with Crippen molar-refractivity contribution in [2.75, 3.05) is 0 Å². The number of rotatable bonds is 1. The molecule has 52 valence electrons. The quantitative estimate of drug-likeness (QED) is 0.660. The van der Waals surface area contributed by atoms with Crippen LogP contribution in [0.1, 0.15) is 5.56 Å². The molecule has 1 aromatic carbocycles. The summed E-state index contributed by atoms with van der Waals surface area (Å²) < 4.78 is 13.5. The average Bonchev–Trinajstić information content (AvgIpc) is 2.04. The monoisotopic (exact) mass is 219 g/mol. The van der Waals surface area contributed by atoms with Gasteiger partial charge in [-0.15, -0.1) is 0 Å². The molecule has 1 aromatic rings. The molecule has 0 heterocycles. The molecule has 0 aliphatic rings. The van der Waals surface area contributed by atoms with Crippen molar-refractivity contribution in [1.82, 2.24) is 0 Å². The molecule has 0 aliphatic heterocycles. The van der Waals surface area contributed by atoms with Gasteiger partial charge in [-0.05, 0) is 0 Å². The number of hydrogen-bond donors (Lipinski definition) is 0. The summed E-state index contributed by atoms with van der Waals surface area (Å²) in [6.07, 6.45) is 0. The summed E-state index contributed by atoms with van der Waals surface area (Å²) in [5.74, 6) is -0.334. The van der Waals surface area contributed by atoms with Gasteiger partial charge in [-0.25, -0.2) is 0 Å². The second-order valence-electron chi connectivity index (χ2n) is 2.05. The van der Waals surface area contributed by atoms with Crippen molar-refractivity contribution in [1.29, 1.82) is 5.26 Å². The fourth-order valence-electron chi connectivity index (χ4n) is 0.725. The molecule has 1 rings (SSSR count). The molecule has 0 bridgehead atoms. The molecule has 0 aliphatic carbocycles. The van der Waals surface area contributed by atoms with Crippen LogP contribution in [0.4, 0.5) is 4.39 Å². The van der Waals surface area contributed by atoms with Gasteiger partial charge in [-0.1, -0.05) is 0 Å². The van der Waals surface area contributed by atoms with Crippen LogP contribution in [0.25, 0.3) is 0 Å². The van der Waals surface area contributed by atoms with Gasteiger partial charge in [0.25, 0.3) is 0 Å². The Kier molecular flexibility index (Phi) is 2.99. The Morgan fingerprint density at radius 1 is 1.55 bits per heavy atom. The zero-order chi connectivity index (χ0) is 8.27. The van der Waals surface area contributed by atoms with Gasteiger partial charge in [0.1, 0.15) is 0 Å². The molecule has 0 unspecified atom stereocenters. The maximum atomic E-state index is 12.8. The summed E-state index contributed by atoms with van der Waals surface area (Å²) in [6.45, 7) is 0. The summed E-state index contributed by atoms with van der Waals surface area (Å²) in [7, 11) is 5.59. The third-order valence-electron chi connectivity index (χ3n) is 1.33. The van der Waals surface area contributed by atoms with Crippen LogP contribution in [0, 0.1) is 17.1 Å². The number of benzene rings is 1. The van der Waals surface area contributed by atoms with Gasteiger partial charge in [0, 0.05) is 0 Å². The standard InChI is InChI=1S/C7H3FN.ClH.Zn/c8-7-3-1-2-6(4-7)5-9;;/h1-2,4H;1H;/q;;+1/p-1. The topological polar surface area (TPSA) is 23.8 Å². The Morgan fingerprint density at radius 2 is 2.27 bits per heavy atom. The summed E-state index contributed by atoms with van der Waals surface area (Å²) in [6, 6.07) is 6.27. The van der Waals surface area contributed by atoms with Gasteiger partial charge >= 0.3 is 75.3 Å². The van der Waals surface area contributed by atoms with Gasteiger partial charge in [-0.2, -0.15) is 0 Å². The van der Waals surface area contributed by atoms with E-state index in [1.54, 1.807) is 12.1 Å². The minimum atomic E-state index is -1.36. The van der Waals surface area contributed by atoms with Crippen molar-refractivity contribution in [3.63, 3.8) is 0 Å². The van der Waals surface area contributed by atoms with Gasteiger partial charge < -0.3 is 0 Å². The molecule has 0 aromatic heterocycles. The van der Waals surface area contributed by atoms with Crippen LogP contribution in [0.5, 0.6) is 0 Å². The molecule has 0 atom stereocenters. The molecule has 1 nitrogen and oxygen atoms in total. The first-order chi connectivity index (χ1) is 5.27. The molecule has 4 heteroatoms. The minimum absolute atomic E-state index is 0.334. The molecule has 0 N–H and O–H groups in total. The molecule has 0 amide bonds. The Morgan fingerprint density at radius 3 is 2.73 bits per heavy atom. The van der Waals surface area contributed by atoms with E-state index >= 15 is 0 Å². The Hall–Kier alpha value is -0.447. The van der Waals surface area contributed by atoms with E-state index < -0.39 is 16.1 Å². The SMILES string of the molecule is N#Cc1cc[c]([Zn][Cl])c(F)c1. The first-order valence-corrected chi connectivity index (χ1v) is 8.40. The van der Waals surface area contributed by atoms with Crippen molar-refractivity contribution in [3.8, 4) is 6.07 Å². The molecular weight excluding hydrogens is 218 g/mol. The number of nitrogens with zero attached hydrogens (tertiary/aromatic N) is 1. The van der Waals surface area contributed by atoms with Crippen LogP contribution in [0.3, 0.4) is 0 Å². The Bertz CT molecular complexity index is 308. The van der Waals surface area contributed by atoms with Crippen molar-refractivity contribution >= 4 is 13.8 Å². The first-order valence-electron chi connectivity index (χ1n) is 3.02. The number of halogens is 2. The molecule has 0 spiro atoms. The second kappa shape index (κ2) is 3.80. The predicted octanol–water partition coefficient (Wildman–Crippen LogP) is 1.56. The van der Waals surface area contributed by atoms with E-state index in [0.29, 0.717) is 9.72 Å². The summed E-state index contributed by atoms with van der Waals surface area (Å²) >= 11 is -1.36. The summed E-state index contributed by atoms with van der Waals surface area (Å²) in [4.78, 5) is 0. The van der Waals surface area contributed by atoms with E-state index in [0.717, 1.165) is 0 Å². The van der Waals surface area contributed by atoms with E-state index in [-0.39, 0.29) is 5.82 Å². The van der Waals surface area contributed by atoms with Gasteiger partial charge in [-0.3, -0.25) is 0 Å². The van der Waals surface area contributed by atoms with E-state index in [1.807, 2.05) is 6.07 Å². The Labute approximate surface area is 75.4 Å². The Balaban J connectivity index is 3.12. The van der Waals surface area contributed by atoms with Crippen molar-refractivity contribution in [2.24, 2.45) is 0 Å². The van der Waals surface area contributed by atoms with Gasteiger partial charge in [0.2, 0.25) is 0 Å². The third kappa shape index (κ3) is 1.99. The molecule has 0 saturated heterocycles. The van der Waals surface area contributed by atoms with Crippen molar-refractivity contribution in [2.45, 2.75) is 0 Å². The fraction of sp³-hybridized carbons (Fsp3) is 0. The molecule has 0 saturated carbocycles. The maximum absolute atomic E-state index is 12.8. The molecular formula is C7H3ClFNZn. The zero-order valence-corrected chi connectivity index (χ0v) is 9.37. The van der Waals surface area contributed by atoms with E-state index in [4.69, 9.17) is 15.0 Å². The van der Waals surface area contributed by atoms with Crippen molar-refractivity contribution in [3.05, 3.63) is 29.6 Å². The van der Waals surface area contributed by atoms with Gasteiger partial charge in [0.05, 0.1) is 0 Å². The fourth-order valence-corrected chi connectivity index (χ4v) is 2.77. The second-order valence-corrected chi connectivity index (χ2v) is 5.60. The molecule has 0 fully saturated rings. The van der Waals surface area contributed by atoms with Crippen molar-refractivity contribution < 1.29 is 20.5 Å². The number of nitriles is 1. The summed E-state index contributed by atoms with van der Waals surface area (Å²) in [5, 5.41) is 8.39. The van der Waals surface area contributed by atoms with Crippen LogP contribution in [-0.4, -0.2) is 0 Å². The van der Waals surface area contributed by atoms with Crippen LogP contribution in [-0.2, 0) is 16.1 Å². The summed E-state index contributed by atoms with van der Waals surface area (Å²) in [5.41, 5.74) is 0.346.